The first-order valence-electron chi connectivity index (χ1n) is 9.07. The van der Waals surface area contributed by atoms with Crippen LogP contribution in [0.25, 0.3) is 17.1 Å². The average molecular weight is 395 g/mol. The fraction of sp³-hybridized carbons (Fsp3) is 0.238. The van der Waals surface area contributed by atoms with E-state index in [1.165, 1.54) is 28.7 Å². The van der Waals surface area contributed by atoms with E-state index in [0.29, 0.717) is 17.4 Å². The molecule has 2 aromatic heterocycles. The fourth-order valence-corrected chi connectivity index (χ4v) is 3.21. The van der Waals surface area contributed by atoms with Crippen LogP contribution in [0.15, 0.2) is 64.8 Å². The van der Waals surface area contributed by atoms with E-state index in [9.17, 15) is 9.59 Å². The Hall–Kier alpha value is -2.93. The van der Waals surface area contributed by atoms with Gasteiger partial charge in [0.15, 0.2) is 0 Å². The Balaban J connectivity index is 1.52. The van der Waals surface area contributed by atoms with Crippen LogP contribution in [0.2, 0.25) is 0 Å². The van der Waals surface area contributed by atoms with Crippen LogP contribution < -0.4 is 10.9 Å². The minimum Gasteiger partial charge on any atom is -0.353 e. The Bertz CT molecular complexity index is 1030. The number of hydrogen-bond acceptors (Lipinski definition) is 5. The zero-order valence-corrected chi connectivity index (χ0v) is 16.5. The van der Waals surface area contributed by atoms with Gasteiger partial charge in [0.05, 0.1) is 10.9 Å². The van der Waals surface area contributed by atoms with Crippen molar-refractivity contribution in [3.63, 3.8) is 0 Å². The van der Waals surface area contributed by atoms with Crippen LogP contribution in [-0.4, -0.2) is 33.2 Å². The Labute approximate surface area is 167 Å². The van der Waals surface area contributed by atoms with E-state index < -0.39 is 0 Å². The van der Waals surface area contributed by atoms with Gasteiger partial charge in [0.2, 0.25) is 5.91 Å². The van der Waals surface area contributed by atoms with Crippen LogP contribution in [-0.2, 0) is 11.2 Å². The summed E-state index contributed by atoms with van der Waals surface area (Å²) in [6.45, 7) is 0.589. The maximum Gasteiger partial charge on any atom is 0.265 e. The van der Waals surface area contributed by atoms with Gasteiger partial charge in [-0.1, -0.05) is 6.07 Å². The lowest BCUT2D eigenvalue weighted by atomic mass is 10.1. The van der Waals surface area contributed by atoms with Gasteiger partial charge < -0.3 is 5.32 Å². The summed E-state index contributed by atoms with van der Waals surface area (Å²) in [5, 5.41) is 3.37. The molecule has 0 saturated heterocycles. The molecule has 3 rings (SSSR count). The molecule has 0 saturated carbocycles. The smallest absolute Gasteiger partial charge is 0.265 e. The molecule has 2 heterocycles. The van der Waals surface area contributed by atoms with Crippen molar-refractivity contribution in [1.82, 2.24) is 19.9 Å². The summed E-state index contributed by atoms with van der Waals surface area (Å²) < 4.78 is 1.33. The van der Waals surface area contributed by atoms with Crippen LogP contribution in [0.1, 0.15) is 18.4 Å². The molecule has 6 nitrogen and oxygen atoms in total. The second-order valence-corrected chi connectivity index (χ2v) is 7.14. The van der Waals surface area contributed by atoms with Crippen molar-refractivity contribution < 1.29 is 4.79 Å². The number of nitrogens with zero attached hydrogens (tertiary/aromatic N) is 3. The highest BCUT2D eigenvalue weighted by Crippen LogP contribution is 2.18. The van der Waals surface area contributed by atoms with Gasteiger partial charge in [0.25, 0.3) is 5.56 Å². The lowest BCUT2D eigenvalue weighted by molar-refractivity contribution is -0.116. The molecule has 7 heteroatoms. The van der Waals surface area contributed by atoms with E-state index >= 15 is 0 Å². The zero-order valence-electron chi connectivity index (χ0n) is 15.7. The third-order valence-electron chi connectivity index (χ3n) is 4.29. The Morgan fingerprint density at radius 1 is 1.29 bits per heavy atom. The number of pyridine rings is 1. The summed E-state index contributed by atoms with van der Waals surface area (Å²) >= 11 is 1.57. The van der Waals surface area contributed by atoms with E-state index in [1.807, 2.05) is 42.8 Å². The number of fused-ring (bicyclic) bond motifs is 1. The summed E-state index contributed by atoms with van der Waals surface area (Å²) in [6.07, 6.45) is 12.6. The molecule has 0 aliphatic rings. The number of unbranched alkanes of at least 4 members (excludes halogenated alkanes) is 1. The second-order valence-electron chi connectivity index (χ2n) is 6.27. The molecule has 0 atom stereocenters. The molecular formula is C21H22N4O2S. The van der Waals surface area contributed by atoms with Gasteiger partial charge in [-0.15, -0.1) is 11.8 Å². The van der Waals surface area contributed by atoms with Gasteiger partial charge in [-0.3, -0.25) is 19.1 Å². The van der Waals surface area contributed by atoms with E-state index in [1.54, 1.807) is 18.0 Å². The van der Waals surface area contributed by atoms with Gasteiger partial charge in [-0.05, 0) is 55.3 Å². The van der Waals surface area contributed by atoms with Crippen molar-refractivity contribution in [1.29, 1.82) is 0 Å². The molecule has 1 N–H and O–H groups in total. The third kappa shape index (κ3) is 5.29. The van der Waals surface area contributed by atoms with Crippen LogP contribution >= 0.6 is 11.8 Å². The van der Waals surface area contributed by atoms with Crippen molar-refractivity contribution in [2.45, 2.75) is 24.2 Å². The summed E-state index contributed by atoms with van der Waals surface area (Å²) in [5.41, 5.74) is 1.65. The van der Waals surface area contributed by atoms with Gasteiger partial charge in [-0.2, -0.15) is 0 Å². The summed E-state index contributed by atoms with van der Waals surface area (Å²) in [5.74, 6) is -0.230. The van der Waals surface area contributed by atoms with Crippen LogP contribution in [0.5, 0.6) is 0 Å². The number of benzene rings is 1. The van der Waals surface area contributed by atoms with Crippen molar-refractivity contribution in [3.05, 3.63) is 71.0 Å². The Morgan fingerprint density at radius 3 is 2.96 bits per heavy atom. The largest absolute Gasteiger partial charge is 0.353 e. The average Bonchev–Trinajstić information content (AvgIpc) is 2.73. The normalized spacial score (nSPS) is 11.2. The van der Waals surface area contributed by atoms with Gasteiger partial charge in [0, 0.05) is 36.1 Å². The predicted molar refractivity (Wildman–Crippen MR) is 113 cm³/mol. The number of aromatic nitrogens is 3. The minimum absolute atomic E-state index is 0.193. The number of thioether (sulfide) groups is 1. The number of aryl methyl sites for hydroxylation is 1. The van der Waals surface area contributed by atoms with Gasteiger partial charge in [0.1, 0.15) is 6.33 Å². The number of amides is 1. The van der Waals surface area contributed by atoms with Crippen LogP contribution in [0, 0.1) is 0 Å². The molecule has 0 aliphatic heterocycles. The molecule has 0 bridgehead atoms. The van der Waals surface area contributed by atoms with Gasteiger partial charge >= 0.3 is 0 Å². The highest BCUT2D eigenvalue weighted by Gasteiger charge is 2.04. The number of nitrogens with one attached hydrogen (secondary N) is 1. The molecule has 0 fully saturated rings. The lowest BCUT2D eigenvalue weighted by Gasteiger charge is -2.04. The third-order valence-corrected chi connectivity index (χ3v) is 5.02. The zero-order chi connectivity index (χ0) is 19.8. The summed E-state index contributed by atoms with van der Waals surface area (Å²) in [7, 11) is 0. The molecule has 144 valence electrons. The number of carbonyl (C=O) groups is 1. The Kier molecular flexibility index (Phi) is 6.97. The molecular weight excluding hydrogens is 372 g/mol. The highest BCUT2D eigenvalue weighted by atomic mass is 32.2. The minimum atomic E-state index is -0.230. The SMILES string of the molecule is CSc1ccc2ncn(/C=C/C(=O)NCCCCc3cccnc3)c(=O)c2c1. The van der Waals surface area contributed by atoms with E-state index in [2.05, 4.69) is 15.3 Å². The highest BCUT2D eigenvalue weighted by molar-refractivity contribution is 7.98. The number of hydrogen-bond donors (Lipinski definition) is 1. The van der Waals surface area contributed by atoms with E-state index in [-0.39, 0.29) is 11.5 Å². The van der Waals surface area contributed by atoms with Crippen molar-refractivity contribution in [3.8, 4) is 0 Å². The maximum atomic E-state index is 12.6. The molecule has 0 aliphatic carbocycles. The monoisotopic (exact) mass is 394 g/mol. The first-order chi connectivity index (χ1) is 13.7. The number of carbonyl (C=O) groups excluding carboxylic acids is 1. The molecule has 1 aromatic carbocycles. The van der Waals surface area contributed by atoms with Crippen molar-refractivity contribution >= 4 is 34.8 Å². The molecule has 0 unspecified atom stereocenters. The van der Waals surface area contributed by atoms with E-state index in [4.69, 9.17) is 0 Å². The molecule has 0 radical (unpaired) electrons. The quantitative estimate of drug-likeness (QED) is 0.361. The lowest BCUT2D eigenvalue weighted by Crippen LogP contribution is -2.23. The first kappa shape index (κ1) is 19.8. The number of rotatable bonds is 8. The molecule has 3 aromatic rings. The van der Waals surface area contributed by atoms with Crippen LogP contribution in [0.3, 0.4) is 0 Å². The summed E-state index contributed by atoms with van der Waals surface area (Å²) in [4.78, 5) is 33.9. The topological polar surface area (TPSA) is 76.9 Å². The van der Waals surface area contributed by atoms with Gasteiger partial charge in [-0.25, -0.2) is 4.98 Å². The molecule has 28 heavy (non-hydrogen) atoms. The second kappa shape index (κ2) is 9.85. The van der Waals surface area contributed by atoms with Crippen LogP contribution in [0.4, 0.5) is 0 Å². The summed E-state index contributed by atoms with van der Waals surface area (Å²) in [6, 6.07) is 9.55. The Morgan fingerprint density at radius 2 is 2.18 bits per heavy atom. The van der Waals surface area contributed by atoms with E-state index in [0.717, 1.165) is 24.2 Å². The standard InChI is InChI=1S/C21H22N4O2S/c1-28-17-7-8-19-18(13-17)21(27)25(15-24-19)12-9-20(26)23-11-3-2-5-16-6-4-10-22-14-16/h4,6-10,12-15H,2-3,5,11H2,1H3,(H,23,26)/b12-9+. The predicted octanol–water partition coefficient (Wildman–Crippen LogP) is 3.12. The molecule has 1 amide bonds. The molecule has 0 spiro atoms. The first-order valence-corrected chi connectivity index (χ1v) is 10.3. The maximum absolute atomic E-state index is 12.6. The fourth-order valence-electron chi connectivity index (χ4n) is 2.77. The van der Waals surface area contributed by atoms with Crippen molar-refractivity contribution in [2.75, 3.05) is 12.8 Å². The van der Waals surface area contributed by atoms with Crippen molar-refractivity contribution in [2.24, 2.45) is 0 Å².